The molecule has 0 aliphatic rings. The molecule has 0 aliphatic heterocycles. The molecule has 29 heavy (non-hydrogen) atoms. The van der Waals surface area contributed by atoms with Crippen molar-refractivity contribution in [3.8, 4) is 0 Å². The van der Waals surface area contributed by atoms with Crippen LogP contribution in [0.4, 0.5) is 5.69 Å². The summed E-state index contributed by atoms with van der Waals surface area (Å²) in [6.45, 7) is 0. The summed E-state index contributed by atoms with van der Waals surface area (Å²) in [4.78, 5) is 12.8. The molecule has 1 amide bonds. The number of fused-ring (bicyclic) bond motifs is 1. The number of carbonyl (C=O) groups excluding carboxylic acids is 1. The molecule has 4 aromatic rings. The van der Waals surface area contributed by atoms with Gasteiger partial charge in [0.1, 0.15) is 0 Å². The number of anilines is 1. The molecule has 3 aromatic carbocycles. The molecule has 0 fully saturated rings. The van der Waals surface area contributed by atoms with Crippen molar-refractivity contribution in [2.45, 2.75) is 19.3 Å². The lowest BCUT2D eigenvalue weighted by molar-refractivity contribution is -0.115. The second-order valence-electron chi connectivity index (χ2n) is 6.94. The number of para-hydroxylation sites is 2. The minimum Gasteiger partial charge on any atom is -0.324 e. The highest BCUT2D eigenvalue weighted by Gasteiger charge is 2.18. The number of nitrogens with zero attached hydrogens (tertiary/aromatic N) is 1. The average molecular weight is 421 g/mol. The largest absolute Gasteiger partial charge is 0.324 e. The molecule has 0 atom stereocenters. The normalized spacial score (nSPS) is 11.0. The van der Waals surface area contributed by atoms with Crippen molar-refractivity contribution in [3.63, 3.8) is 0 Å². The maximum absolute atomic E-state index is 12.8. The fourth-order valence-corrected chi connectivity index (χ4v) is 4.17. The van der Waals surface area contributed by atoms with Crippen LogP contribution in [0, 0.1) is 0 Å². The smallest absolute Gasteiger partial charge is 0.230 e. The van der Waals surface area contributed by atoms with Crippen LogP contribution in [-0.4, -0.2) is 9.88 Å². The average Bonchev–Trinajstić information content (AvgIpc) is 3.00. The van der Waals surface area contributed by atoms with Crippen LogP contribution in [0.5, 0.6) is 0 Å². The van der Waals surface area contributed by atoms with E-state index in [-0.39, 0.29) is 12.3 Å². The maximum Gasteiger partial charge on any atom is 0.230 e. The number of carbonyl (C=O) groups is 1. The zero-order chi connectivity index (χ0) is 20.2. The van der Waals surface area contributed by atoms with Crippen LogP contribution in [0.15, 0.2) is 78.9 Å². The molecule has 146 valence electrons. The van der Waals surface area contributed by atoms with E-state index in [1.54, 1.807) is 12.1 Å². The third kappa shape index (κ3) is 4.34. The van der Waals surface area contributed by atoms with Crippen molar-refractivity contribution >= 4 is 46.9 Å². The minimum atomic E-state index is -0.114. The lowest BCUT2D eigenvalue weighted by Gasteiger charge is -2.10. The first kappa shape index (κ1) is 19.6. The van der Waals surface area contributed by atoms with Crippen molar-refractivity contribution in [1.82, 2.24) is 3.97 Å². The van der Waals surface area contributed by atoms with Gasteiger partial charge in [0.2, 0.25) is 5.91 Å². The first-order chi connectivity index (χ1) is 14.1. The molecule has 1 N–H and O–H groups in total. The lowest BCUT2D eigenvalue weighted by Crippen LogP contribution is -2.17. The van der Waals surface area contributed by atoms with Crippen molar-refractivity contribution in [2.75, 3.05) is 5.32 Å². The van der Waals surface area contributed by atoms with Crippen molar-refractivity contribution in [2.24, 2.45) is 0 Å². The van der Waals surface area contributed by atoms with Gasteiger partial charge in [-0.05, 0) is 42.2 Å². The van der Waals surface area contributed by atoms with E-state index in [9.17, 15) is 4.79 Å². The summed E-state index contributed by atoms with van der Waals surface area (Å²) >= 11 is 10.9. The Kier molecular flexibility index (Phi) is 5.93. The number of benzene rings is 3. The van der Waals surface area contributed by atoms with Crippen LogP contribution in [0.2, 0.25) is 5.02 Å². The quantitative estimate of drug-likeness (QED) is 0.371. The first-order valence-electron chi connectivity index (χ1n) is 9.52. The van der Waals surface area contributed by atoms with Gasteiger partial charge in [-0.3, -0.25) is 8.77 Å². The van der Waals surface area contributed by atoms with E-state index in [2.05, 4.69) is 35.6 Å². The van der Waals surface area contributed by atoms with Gasteiger partial charge in [-0.15, -0.1) is 0 Å². The number of amides is 1. The van der Waals surface area contributed by atoms with E-state index in [0.29, 0.717) is 10.7 Å². The van der Waals surface area contributed by atoms with Gasteiger partial charge in [0.25, 0.3) is 0 Å². The second-order valence-corrected chi connectivity index (χ2v) is 7.75. The zero-order valence-corrected chi connectivity index (χ0v) is 17.5. The van der Waals surface area contributed by atoms with E-state index >= 15 is 0 Å². The summed E-state index contributed by atoms with van der Waals surface area (Å²) in [5.41, 5.74) is 4.98. The molecule has 0 saturated heterocycles. The zero-order valence-electron chi connectivity index (χ0n) is 15.8. The summed E-state index contributed by atoms with van der Waals surface area (Å²) < 4.78 is 1.84. The Morgan fingerprint density at radius 3 is 2.38 bits per heavy atom. The molecule has 0 spiro atoms. The van der Waals surface area contributed by atoms with Gasteiger partial charge in [0.05, 0.1) is 22.6 Å². The first-order valence-corrected chi connectivity index (χ1v) is 10.3. The number of hydrogen-bond donors (Lipinski definition) is 2. The van der Waals surface area contributed by atoms with Gasteiger partial charge in [-0.1, -0.05) is 85.1 Å². The molecule has 0 unspecified atom stereocenters. The minimum absolute atomic E-state index is 0.114. The number of rotatable bonds is 6. The molecule has 0 aliphatic carbocycles. The maximum atomic E-state index is 12.8. The Morgan fingerprint density at radius 1 is 0.897 bits per heavy atom. The van der Waals surface area contributed by atoms with Crippen LogP contribution in [0.1, 0.15) is 16.8 Å². The summed E-state index contributed by atoms with van der Waals surface area (Å²) in [6, 6.07) is 25.8. The fourth-order valence-electron chi connectivity index (χ4n) is 3.63. The van der Waals surface area contributed by atoms with Crippen LogP contribution in [0.3, 0.4) is 0 Å². The molecule has 5 heteroatoms. The van der Waals surface area contributed by atoms with Gasteiger partial charge in [-0.2, -0.15) is 0 Å². The number of hydrogen-bond acceptors (Lipinski definition) is 2. The molecular formula is C24H21ClN2OS. The van der Waals surface area contributed by atoms with Crippen LogP contribution < -0.4 is 5.32 Å². The number of aromatic nitrogens is 1. The highest BCUT2D eigenvalue weighted by Crippen LogP contribution is 2.29. The summed E-state index contributed by atoms with van der Waals surface area (Å²) in [7, 11) is 0. The van der Waals surface area contributed by atoms with E-state index in [4.69, 9.17) is 24.4 Å². The Bertz CT molecular complexity index is 1150. The highest BCUT2D eigenvalue weighted by molar-refractivity contribution is 7.78. The van der Waals surface area contributed by atoms with Gasteiger partial charge in [0, 0.05) is 11.1 Å². The van der Waals surface area contributed by atoms with Crippen molar-refractivity contribution in [1.29, 1.82) is 0 Å². The topological polar surface area (TPSA) is 34.0 Å². The van der Waals surface area contributed by atoms with E-state index in [1.165, 1.54) is 5.56 Å². The molecular weight excluding hydrogens is 400 g/mol. The Hall–Kier alpha value is -2.69. The molecule has 0 bridgehead atoms. The van der Waals surface area contributed by atoms with Gasteiger partial charge < -0.3 is 5.32 Å². The molecule has 0 saturated carbocycles. The third-order valence-electron chi connectivity index (χ3n) is 5.04. The summed E-state index contributed by atoms with van der Waals surface area (Å²) in [6.07, 6.45) is 1.97. The summed E-state index contributed by atoms with van der Waals surface area (Å²) in [5.74, 6) is -0.114. The number of halogens is 1. The van der Waals surface area contributed by atoms with E-state index in [0.717, 1.165) is 35.0 Å². The number of nitrogens with one attached hydrogen (secondary N) is 1. The van der Waals surface area contributed by atoms with E-state index in [1.807, 2.05) is 40.4 Å². The summed E-state index contributed by atoms with van der Waals surface area (Å²) in [5, 5.41) is 4.58. The molecule has 1 aromatic heterocycles. The van der Waals surface area contributed by atoms with Crippen LogP contribution in [-0.2, 0) is 24.1 Å². The van der Waals surface area contributed by atoms with Gasteiger partial charge >= 0.3 is 0 Å². The SMILES string of the molecule is O=C(Cc1c(CCc2ccccc2)c2ccccc2n1S)Nc1ccccc1Cl. The third-order valence-corrected chi connectivity index (χ3v) is 5.83. The molecule has 3 nitrogen and oxygen atoms in total. The van der Waals surface area contributed by atoms with Crippen molar-refractivity contribution < 1.29 is 4.79 Å². The Balaban J connectivity index is 1.63. The van der Waals surface area contributed by atoms with Crippen LogP contribution in [0.25, 0.3) is 10.9 Å². The Morgan fingerprint density at radius 2 is 1.59 bits per heavy atom. The standard InChI is InChI=1S/C24H21ClN2OS/c25-20-11-5-6-12-21(20)26-24(28)16-23-19(15-14-17-8-2-1-3-9-17)18-10-4-7-13-22(18)27(23)29/h1-13,29H,14-16H2,(H,26,28). The van der Waals surface area contributed by atoms with Crippen LogP contribution >= 0.6 is 24.4 Å². The number of thiol groups is 1. The molecule has 4 rings (SSSR count). The predicted molar refractivity (Wildman–Crippen MR) is 124 cm³/mol. The molecule has 0 radical (unpaired) electrons. The molecule has 1 heterocycles. The second kappa shape index (κ2) is 8.76. The van der Waals surface area contributed by atoms with Gasteiger partial charge in [0.15, 0.2) is 0 Å². The number of aryl methyl sites for hydroxylation is 2. The van der Waals surface area contributed by atoms with Gasteiger partial charge in [-0.25, -0.2) is 0 Å². The predicted octanol–water partition coefficient (Wildman–Crippen LogP) is 5.95. The van der Waals surface area contributed by atoms with Crippen molar-refractivity contribution in [3.05, 3.63) is 101 Å². The lowest BCUT2D eigenvalue weighted by atomic mass is 10.0. The Labute approximate surface area is 180 Å². The fraction of sp³-hybridized carbons (Fsp3) is 0.125. The highest BCUT2D eigenvalue weighted by atomic mass is 35.5. The van der Waals surface area contributed by atoms with E-state index < -0.39 is 0 Å². The monoisotopic (exact) mass is 420 g/mol.